The highest BCUT2D eigenvalue weighted by atomic mass is 19.3. The van der Waals surface area contributed by atoms with Crippen LogP contribution in [0, 0.1) is 0 Å². The van der Waals surface area contributed by atoms with E-state index in [4.69, 9.17) is 9.47 Å². The summed E-state index contributed by atoms with van der Waals surface area (Å²) in [7, 11) is 0. The number of hydrogen-bond donors (Lipinski definition) is 1. The summed E-state index contributed by atoms with van der Waals surface area (Å²) in [5.41, 5.74) is 1.66. The van der Waals surface area contributed by atoms with Gasteiger partial charge in [-0.2, -0.15) is 5.10 Å². The lowest BCUT2D eigenvalue weighted by atomic mass is 10.3. The lowest BCUT2D eigenvalue weighted by Gasteiger charge is -2.12. The van der Waals surface area contributed by atoms with Crippen LogP contribution in [0.5, 0.6) is 5.75 Å². The summed E-state index contributed by atoms with van der Waals surface area (Å²) in [6.07, 6.45) is -1.10. The van der Waals surface area contributed by atoms with Crippen LogP contribution in [0.15, 0.2) is 24.4 Å². The molecule has 0 bridgehead atoms. The lowest BCUT2D eigenvalue weighted by molar-refractivity contribution is 0.0797. The minimum absolute atomic E-state index is 0.142. The number of rotatable bonds is 6. The molecule has 0 spiro atoms. The Morgan fingerprint density at radius 1 is 1.46 bits per heavy atom. The monoisotopic (exact) mass is 338 g/mol. The molecule has 9 heteroatoms. The largest absolute Gasteiger partial charge is 0.488 e. The first-order valence-electron chi connectivity index (χ1n) is 7.40. The summed E-state index contributed by atoms with van der Waals surface area (Å²) >= 11 is 0. The Morgan fingerprint density at radius 2 is 2.33 bits per heavy atom. The molecule has 3 heterocycles. The minimum Gasteiger partial charge on any atom is -0.488 e. The van der Waals surface area contributed by atoms with Crippen LogP contribution in [0.4, 0.5) is 8.78 Å². The number of amides is 1. The summed E-state index contributed by atoms with van der Waals surface area (Å²) < 4.78 is 36.3. The molecule has 1 amide bonds. The molecular formula is C15H16F2N4O3. The summed E-state index contributed by atoms with van der Waals surface area (Å²) in [5, 5.41) is 6.92. The molecule has 0 aromatic carbocycles. The van der Waals surface area contributed by atoms with Gasteiger partial charge in [0.05, 0.1) is 37.7 Å². The third kappa shape index (κ3) is 4.05. The van der Waals surface area contributed by atoms with Crippen LogP contribution in [-0.2, 0) is 24.4 Å². The molecule has 0 saturated carbocycles. The van der Waals surface area contributed by atoms with Crippen molar-refractivity contribution < 1.29 is 23.0 Å². The highest BCUT2D eigenvalue weighted by molar-refractivity contribution is 5.92. The van der Waals surface area contributed by atoms with Gasteiger partial charge in [0.15, 0.2) is 5.69 Å². The Balaban J connectivity index is 1.58. The van der Waals surface area contributed by atoms with Gasteiger partial charge in [0.25, 0.3) is 12.3 Å². The standard InChI is InChI=1S/C15H16F2N4O3/c16-14(17)9-24-12-1-2-18-10(5-12)7-19-15(22)13-6-11-8-23-4-3-21(11)20-13/h1-2,5-6,14H,3-4,7-9H2,(H,19,22). The van der Waals surface area contributed by atoms with Crippen LogP contribution >= 0.6 is 0 Å². The van der Waals surface area contributed by atoms with Crippen molar-refractivity contribution in [1.29, 1.82) is 0 Å². The maximum Gasteiger partial charge on any atom is 0.272 e. The van der Waals surface area contributed by atoms with Gasteiger partial charge in [0.2, 0.25) is 0 Å². The van der Waals surface area contributed by atoms with E-state index in [-0.39, 0.29) is 18.2 Å². The SMILES string of the molecule is O=C(NCc1cc(OCC(F)F)ccn1)c1cc2n(n1)CCOC2. The van der Waals surface area contributed by atoms with Crippen molar-refractivity contribution in [2.45, 2.75) is 26.1 Å². The van der Waals surface area contributed by atoms with Crippen molar-refractivity contribution in [3.63, 3.8) is 0 Å². The molecule has 3 rings (SSSR count). The second-order valence-corrected chi connectivity index (χ2v) is 5.16. The van der Waals surface area contributed by atoms with Gasteiger partial charge in [-0.25, -0.2) is 8.78 Å². The predicted molar refractivity (Wildman–Crippen MR) is 78.8 cm³/mol. The topological polar surface area (TPSA) is 78.3 Å². The van der Waals surface area contributed by atoms with Crippen LogP contribution in [0.25, 0.3) is 0 Å². The van der Waals surface area contributed by atoms with Crippen molar-refractivity contribution >= 4 is 5.91 Å². The van der Waals surface area contributed by atoms with Crippen LogP contribution < -0.4 is 10.1 Å². The number of ether oxygens (including phenoxy) is 2. The maximum atomic E-state index is 12.1. The molecule has 7 nitrogen and oxygen atoms in total. The normalized spacial score (nSPS) is 13.6. The number of hydrogen-bond acceptors (Lipinski definition) is 5. The summed E-state index contributed by atoms with van der Waals surface area (Å²) in [6, 6.07) is 4.68. The fourth-order valence-electron chi connectivity index (χ4n) is 2.27. The van der Waals surface area contributed by atoms with E-state index in [1.807, 2.05) is 0 Å². The number of nitrogens with one attached hydrogen (secondary N) is 1. The Hall–Kier alpha value is -2.55. The Bertz CT molecular complexity index is 697. The van der Waals surface area contributed by atoms with E-state index in [0.717, 1.165) is 5.69 Å². The second kappa shape index (κ2) is 7.35. The summed E-state index contributed by atoms with van der Waals surface area (Å²) in [4.78, 5) is 16.2. The summed E-state index contributed by atoms with van der Waals surface area (Å²) in [5.74, 6) is -0.0539. The molecule has 1 N–H and O–H groups in total. The number of halogens is 2. The second-order valence-electron chi connectivity index (χ2n) is 5.16. The molecule has 0 fully saturated rings. The number of carbonyl (C=O) groups excluding carboxylic acids is 1. The van der Waals surface area contributed by atoms with E-state index in [9.17, 15) is 13.6 Å². The van der Waals surface area contributed by atoms with Crippen LogP contribution in [0.3, 0.4) is 0 Å². The predicted octanol–water partition coefficient (Wildman–Crippen LogP) is 1.38. The zero-order chi connectivity index (χ0) is 16.9. The third-order valence-electron chi connectivity index (χ3n) is 3.39. The number of nitrogens with zero attached hydrogens (tertiary/aromatic N) is 3. The minimum atomic E-state index is -2.54. The van der Waals surface area contributed by atoms with E-state index in [0.29, 0.717) is 31.1 Å². The highest BCUT2D eigenvalue weighted by Crippen LogP contribution is 2.13. The Kier molecular flexibility index (Phi) is 4.99. The maximum absolute atomic E-state index is 12.1. The number of aromatic nitrogens is 3. The van der Waals surface area contributed by atoms with Gasteiger partial charge < -0.3 is 14.8 Å². The smallest absolute Gasteiger partial charge is 0.272 e. The lowest BCUT2D eigenvalue weighted by Crippen LogP contribution is -2.24. The average Bonchev–Trinajstić information content (AvgIpc) is 3.02. The van der Waals surface area contributed by atoms with Crippen molar-refractivity contribution in [2.24, 2.45) is 0 Å². The first-order chi connectivity index (χ1) is 11.6. The number of alkyl halides is 2. The molecule has 0 radical (unpaired) electrons. The summed E-state index contributed by atoms with van der Waals surface area (Å²) in [6.45, 7) is 1.09. The van der Waals surface area contributed by atoms with E-state index in [2.05, 4.69) is 15.4 Å². The van der Waals surface area contributed by atoms with E-state index >= 15 is 0 Å². The molecular weight excluding hydrogens is 322 g/mol. The van der Waals surface area contributed by atoms with Gasteiger partial charge in [0, 0.05) is 12.3 Å². The molecule has 24 heavy (non-hydrogen) atoms. The van der Waals surface area contributed by atoms with E-state index < -0.39 is 13.0 Å². The van der Waals surface area contributed by atoms with Crippen molar-refractivity contribution in [2.75, 3.05) is 13.2 Å². The molecule has 0 aliphatic carbocycles. The Morgan fingerprint density at radius 3 is 3.12 bits per heavy atom. The molecule has 2 aromatic rings. The van der Waals surface area contributed by atoms with Gasteiger partial charge in [-0.15, -0.1) is 0 Å². The molecule has 128 valence electrons. The van der Waals surface area contributed by atoms with Gasteiger partial charge in [-0.1, -0.05) is 0 Å². The average molecular weight is 338 g/mol. The van der Waals surface area contributed by atoms with Crippen molar-refractivity contribution in [1.82, 2.24) is 20.1 Å². The molecule has 1 aliphatic rings. The third-order valence-corrected chi connectivity index (χ3v) is 3.39. The number of carbonyl (C=O) groups is 1. The highest BCUT2D eigenvalue weighted by Gasteiger charge is 2.17. The molecule has 2 aromatic heterocycles. The Labute approximate surface area is 136 Å². The molecule has 0 atom stereocenters. The quantitative estimate of drug-likeness (QED) is 0.861. The van der Waals surface area contributed by atoms with Crippen LogP contribution in [0.1, 0.15) is 21.9 Å². The number of fused-ring (bicyclic) bond motifs is 1. The fourth-order valence-corrected chi connectivity index (χ4v) is 2.27. The van der Waals surface area contributed by atoms with Gasteiger partial charge in [0.1, 0.15) is 12.4 Å². The van der Waals surface area contributed by atoms with Crippen molar-refractivity contribution in [3.8, 4) is 5.75 Å². The van der Waals surface area contributed by atoms with Crippen LogP contribution in [0.2, 0.25) is 0 Å². The van der Waals surface area contributed by atoms with Crippen LogP contribution in [-0.4, -0.2) is 40.3 Å². The first kappa shape index (κ1) is 16.3. The number of pyridine rings is 1. The van der Waals surface area contributed by atoms with Gasteiger partial charge in [-0.05, 0) is 12.1 Å². The molecule has 1 aliphatic heterocycles. The van der Waals surface area contributed by atoms with Gasteiger partial charge >= 0.3 is 0 Å². The van der Waals surface area contributed by atoms with Crippen molar-refractivity contribution in [3.05, 3.63) is 41.5 Å². The zero-order valence-corrected chi connectivity index (χ0v) is 12.7. The molecule has 0 saturated heterocycles. The molecule has 0 unspecified atom stereocenters. The zero-order valence-electron chi connectivity index (χ0n) is 12.7. The van der Waals surface area contributed by atoms with E-state index in [1.165, 1.54) is 18.3 Å². The van der Waals surface area contributed by atoms with E-state index in [1.54, 1.807) is 10.7 Å². The fraction of sp³-hybridized carbons (Fsp3) is 0.400. The first-order valence-corrected chi connectivity index (χ1v) is 7.40. The van der Waals surface area contributed by atoms with Gasteiger partial charge in [-0.3, -0.25) is 14.5 Å².